The van der Waals surface area contributed by atoms with Gasteiger partial charge in [-0.15, -0.1) is 0 Å². The van der Waals surface area contributed by atoms with Crippen molar-refractivity contribution in [3.63, 3.8) is 0 Å². The predicted octanol–water partition coefficient (Wildman–Crippen LogP) is 5.70. The molecule has 0 unspecified atom stereocenters. The van der Waals surface area contributed by atoms with Crippen LogP contribution in [0.25, 0.3) is 6.08 Å². The zero-order valence-corrected chi connectivity index (χ0v) is 22.5. The van der Waals surface area contributed by atoms with Gasteiger partial charge in [-0.1, -0.05) is 23.9 Å². The van der Waals surface area contributed by atoms with E-state index in [2.05, 4.69) is 5.32 Å². The van der Waals surface area contributed by atoms with Gasteiger partial charge < -0.3 is 25.6 Å². The minimum absolute atomic E-state index is 0.0142. The van der Waals surface area contributed by atoms with Gasteiger partial charge in [-0.3, -0.25) is 4.79 Å². The molecule has 2 aliphatic heterocycles. The zero-order valence-electron chi connectivity index (χ0n) is 21.7. The molecule has 2 aromatic rings. The van der Waals surface area contributed by atoms with Crippen LogP contribution < -0.4 is 11.1 Å². The van der Waals surface area contributed by atoms with E-state index in [4.69, 9.17) is 10.5 Å². The topological polar surface area (TPSA) is 87.9 Å². The Morgan fingerprint density at radius 2 is 1.59 bits per heavy atom. The molecule has 3 amide bonds. The Hall–Kier alpha value is -3.39. The second-order valence-electron chi connectivity index (χ2n) is 9.54. The van der Waals surface area contributed by atoms with E-state index in [-0.39, 0.29) is 32.3 Å². The number of halogens is 6. The third-order valence-electron chi connectivity index (χ3n) is 6.73. The SMILES string of the molecule is NC(=O)N1CCC(Nc2cccc(Sc3ccc(C=CC(=O)N4CCOCC4)c(C(F)(F)F)c3C(F)(F)F)c2)CC1. The van der Waals surface area contributed by atoms with E-state index in [1.807, 2.05) is 0 Å². The van der Waals surface area contributed by atoms with E-state index < -0.39 is 45.9 Å². The van der Waals surface area contributed by atoms with E-state index >= 15 is 0 Å². The number of rotatable bonds is 6. The summed E-state index contributed by atoms with van der Waals surface area (Å²) in [4.78, 5) is 26.3. The molecule has 7 nitrogen and oxygen atoms in total. The highest BCUT2D eigenvalue weighted by molar-refractivity contribution is 7.99. The van der Waals surface area contributed by atoms with Crippen LogP contribution in [0.15, 0.2) is 52.3 Å². The third kappa shape index (κ3) is 7.88. The molecule has 2 saturated heterocycles. The Labute approximate surface area is 236 Å². The average molecular weight is 603 g/mol. The number of likely N-dealkylation sites (tertiary alicyclic amines) is 1. The number of morpholine rings is 1. The normalized spacial score (nSPS) is 17.2. The summed E-state index contributed by atoms with van der Waals surface area (Å²) in [6.07, 6.45) is -7.82. The third-order valence-corrected chi connectivity index (χ3v) is 7.78. The molecule has 2 fully saturated rings. The van der Waals surface area contributed by atoms with Gasteiger partial charge in [0.15, 0.2) is 0 Å². The molecule has 0 atom stereocenters. The van der Waals surface area contributed by atoms with Crippen molar-refractivity contribution in [1.82, 2.24) is 9.80 Å². The maximum Gasteiger partial charge on any atom is 0.418 e. The Morgan fingerprint density at radius 1 is 0.927 bits per heavy atom. The highest BCUT2D eigenvalue weighted by Crippen LogP contribution is 2.48. The predicted molar refractivity (Wildman–Crippen MR) is 141 cm³/mol. The van der Waals surface area contributed by atoms with Crippen LogP contribution in [0.3, 0.4) is 0 Å². The highest BCUT2D eigenvalue weighted by atomic mass is 32.2. The van der Waals surface area contributed by atoms with Gasteiger partial charge in [-0.25, -0.2) is 4.79 Å². The number of anilines is 1. The van der Waals surface area contributed by atoms with Crippen LogP contribution in [0, 0.1) is 0 Å². The van der Waals surface area contributed by atoms with Gasteiger partial charge in [-0.2, -0.15) is 26.3 Å². The van der Waals surface area contributed by atoms with Crippen LogP contribution in [-0.2, 0) is 21.9 Å². The number of amides is 3. The number of alkyl halides is 6. The van der Waals surface area contributed by atoms with Crippen LogP contribution >= 0.6 is 11.8 Å². The number of benzene rings is 2. The highest BCUT2D eigenvalue weighted by Gasteiger charge is 2.46. The molecular formula is C27H28F6N4O3S. The van der Waals surface area contributed by atoms with Crippen LogP contribution in [0.4, 0.5) is 36.8 Å². The molecule has 3 N–H and O–H groups in total. The molecule has 0 bridgehead atoms. The number of primary amides is 1. The molecule has 2 aromatic carbocycles. The molecule has 2 aliphatic rings. The van der Waals surface area contributed by atoms with E-state index in [0.29, 0.717) is 48.3 Å². The quantitative estimate of drug-likeness (QED) is 0.327. The van der Waals surface area contributed by atoms with Gasteiger partial charge in [-0.05, 0) is 48.7 Å². The molecule has 4 rings (SSSR count). The van der Waals surface area contributed by atoms with Crippen molar-refractivity contribution in [3.8, 4) is 0 Å². The van der Waals surface area contributed by atoms with Gasteiger partial charge in [0, 0.05) is 53.8 Å². The number of carbonyl (C=O) groups is 2. The molecular weight excluding hydrogens is 574 g/mol. The fraction of sp³-hybridized carbons (Fsp3) is 0.407. The van der Waals surface area contributed by atoms with E-state index in [1.54, 1.807) is 18.2 Å². The summed E-state index contributed by atoms with van der Waals surface area (Å²) in [5.74, 6) is -0.613. The van der Waals surface area contributed by atoms with E-state index in [1.165, 1.54) is 15.9 Å². The Kier molecular flexibility index (Phi) is 9.42. The largest absolute Gasteiger partial charge is 0.418 e. The molecule has 0 spiro atoms. The summed E-state index contributed by atoms with van der Waals surface area (Å²) < 4.78 is 90.2. The molecule has 0 aliphatic carbocycles. The first-order chi connectivity index (χ1) is 19.3. The number of nitrogens with one attached hydrogen (secondary N) is 1. The van der Waals surface area contributed by atoms with Crippen molar-refractivity contribution < 1.29 is 40.7 Å². The number of hydrogen-bond acceptors (Lipinski definition) is 5. The van der Waals surface area contributed by atoms with Crippen LogP contribution in [0.1, 0.15) is 29.5 Å². The van der Waals surface area contributed by atoms with Gasteiger partial charge >= 0.3 is 18.4 Å². The summed E-state index contributed by atoms with van der Waals surface area (Å²) >= 11 is 0.565. The van der Waals surface area contributed by atoms with Crippen molar-refractivity contribution in [2.24, 2.45) is 5.73 Å². The van der Waals surface area contributed by atoms with Crippen molar-refractivity contribution in [1.29, 1.82) is 0 Å². The number of carbonyl (C=O) groups excluding carboxylic acids is 2. The molecule has 222 valence electrons. The summed E-state index contributed by atoms with van der Waals surface area (Å²) in [5, 5.41) is 3.26. The van der Waals surface area contributed by atoms with Crippen molar-refractivity contribution in [2.45, 2.75) is 41.0 Å². The minimum Gasteiger partial charge on any atom is -0.382 e. The first-order valence-corrected chi connectivity index (χ1v) is 13.6. The van der Waals surface area contributed by atoms with Gasteiger partial charge in [0.05, 0.1) is 24.3 Å². The van der Waals surface area contributed by atoms with Crippen molar-refractivity contribution >= 4 is 35.5 Å². The Bertz CT molecular complexity index is 1290. The van der Waals surface area contributed by atoms with Gasteiger partial charge in [0.2, 0.25) is 5.91 Å². The number of nitrogens with zero attached hydrogens (tertiary/aromatic N) is 2. The molecule has 41 heavy (non-hydrogen) atoms. The molecule has 14 heteroatoms. The summed E-state index contributed by atoms with van der Waals surface area (Å²) in [6, 6.07) is 7.77. The Balaban J connectivity index is 1.60. The standard InChI is InChI=1S/C27H28F6N4O3S/c28-26(29,30)23-17(5-7-22(38)36-12-14-40-15-13-36)4-6-21(24(23)27(31,32)33)41-20-3-1-2-19(16-20)35-18-8-10-37(11-9-18)25(34)39/h1-7,16,18,35H,8-15H2,(H2,34,39). The number of hydrogen-bond donors (Lipinski definition) is 2. The second kappa shape index (κ2) is 12.6. The van der Waals surface area contributed by atoms with E-state index in [9.17, 15) is 35.9 Å². The van der Waals surface area contributed by atoms with Gasteiger partial charge in [0.1, 0.15) is 0 Å². The number of piperidine rings is 1. The fourth-order valence-corrected chi connectivity index (χ4v) is 5.76. The summed E-state index contributed by atoms with van der Waals surface area (Å²) in [7, 11) is 0. The zero-order chi connectivity index (χ0) is 29.8. The lowest BCUT2D eigenvalue weighted by Crippen LogP contribution is -2.44. The fourth-order valence-electron chi connectivity index (χ4n) is 4.72. The van der Waals surface area contributed by atoms with Gasteiger partial charge in [0.25, 0.3) is 0 Å². The van der Waals surface area contributed by atoms with Crippen LogP contribution in [-0.4, -0.2) is 67.2 Å². The maximum absolute atomic E-state index is 14.2. The molecule has 0 radical (unpaired) electrons. The maximum atomic E-state index is 14.2. The number of urea groups is 1. The van der Waals surface area contributed by atoms with Crippen molar-refractivity contribution in [3.05, 3.63) is 59.2 Å². The average Bonchev–Trinajstić information content (AvgIpc) is 2.91. The lowest BCUT2D eigenvalue weighted by Gasteiger charge is -2.31. The van der Waals surface area contributed by atoms with Crippen molar-refractivity contribution in [2.75, 3.05) is 44.7 Å². The molecule has 0 aromatic heterocycles. The number of ether oxygens (including phenoxy) is 1. The lowest BCUT2D eigenvalue weighted by atomic mass is 9.99. The first kappa shape index (κ1) is 30.6. The lowest BCUT2D eigenvalue weighted by molar-refractivity contribution is -0.163. The second-order valence-corrected chi connectivity index (χ2v) is 10.7. The summed E-state index contributed by atoms with van der Waals surface area (Å²) in [6.45, 7) is 1.91. The van der Waals surface area contributed by atoms with Crippen LogP contribution in [0.5, 0.6) is 0 Å². The van der Waals surface area contributed by atoms with E-state index in [0.717, 1.165) is 24.3 Å². The summed E-state index contributed by atoms with van der Waals surface area (Å²) in [5.41, 5.74) is 1.46. The smallest absolute Gasteiger partial charge is 0.382 e. The number of nitrogens with two attached hydrogens (primary N) is 1. The molecule has 0 saturated carbocycles. The Morgan fingerprint density at radius 3 is 2.20 bits per heavy atom. The first-order valence-electron chi connectivity index (χ1n) is 12.8. The van der Waals surface area contributed by atoms with Crippen LogP contribution in [0.2, 0.25) is 0 Å². The minimum atomic E-state index is -5.34. The molecule has 2 heterocycles. The monoisotopic (exact) mass is 602 g/mol.